The fourth-order valence-electron chi connectivity index (χ4n) is 2.73. The lowest BCUT2D eigenvalue weighted by Crippen LogP contribution is -2.47. The number of hydrogen-bond acceptors (Lipinski definition) is 3. The zero-order valence-corrected chi connectivity index (χ0v) is 12.3. The molecule has 0 saturated carbocycles. The van der Waals surface area contributed by atoms with Gasteiger partial charge in [-0.05, 0) is 17.7 Å². The number of rotatable bonds is 3. The lowest BCUT2D eigenvalue weighted by molar-refractivity contribution is -0.151. The Morgan fingerprint density at radius 1 is 1.30 bits per heavy atom. The summed E-state index contributed by atoms with van der Waals surface area (Å²) in [6.45, 7) is 0.0103. The molecule has 1 aromatic carbocycles. The van der Waals surface area contributed by atoms with Crippen molar-refractivity contribution in [3.63, 3.8) is 0 Å². The monoisotopic (exact) mass is 337 g/mol. The molecule has 23 heavy (non-hydrogen) atoms. The molecular formula is C15H16F5NO2. The van der Waals surface area contributed by atoms with E-state index in [0.717, 1.165) is 31.4 Å². The SMILES string of the molecule is COC(=O)C[C@@H]1[C@@H](c2ccc(C(F)(F)F)cc2)NCCC1(F)F. The number of nitrogens with one attached hydrogen (secondary N) is 1. The first-order chi connectivity index (χ1) is 10.6. The van der Waals surface area contributed by atoms with E-state index in [9.17, 15) is 26.7 Å². The molecule has 3 nitrogen and oxygen atoms in total. The molecule has 128 valence electrons. The summed E-state index contributed by atoms with van der Waals surface area (Å²) in [5.41, 5.74) is -0.570. The third-order valence-corrected chi connectivity index (χ3v) is 3.98. The van der Waals surface area contributed by atoms with Crippen molar-refractivity contribution in [2.24, 2.45) is 5.92 Å². The summed E-state index contributed by atoms with van der Waals surface area (Å²) >= 11 is 0. The van der Waals surface area contributed by atoms with Crippen molar-refractivity contribution in [2.45, 2.75) is 31.0 Å². The molecule has 8 heteroatoms. The van der Waals surface area contributed by atoms with Crippen LogP contribution in [-0.4, -0.2) is 25.5 Å². The van der Waals surface area contributed by atoms with Gasteiger partial charge in [0.1, 0.15) is 0 Å². The normalized spacial score (nSPS) is 24.3. The Morgan fingerprint density at radius 3 is 2.43 bits per heavy atom. The molecular weight excluding hydrogens is 321 g/mol. The van der Waals surface area contributed by atoms with Crippen molar-refractivity contribution in [1.82, 2.24) is 5.32 Å². The summed E-state index contributed by atoms with van der Waals surface area (Å²) in [4.78, 5) is 11.4. The highest BCUT2D eigenvalue weighted by molar-refractivity contribution is 5.69. The molecule has 1 fully saturated rings. The number of halogens is 5. The van der Waals surface area contributed by atoms with Crippen LogP contribution in [0.1, 0.15) is 30.0 Å². The third-order valence-electron chi connectivity index (χ3n) is 3.98. The van der Waals surface area contributed by atoms with Gasteiger partial charge in [-0.1, -0.05) is 12.1 Å². The van der Waals surface area contributed by atoms with Crippen LogP contribution in [-0.2, 0) is 15.7 Å². The van der Waals surface area contributed by atoms with Crippen LogP contribution >= 0.6 is 0 Å². The molecule has 1 aliphatic heterocycles. The molecule has 0 aliphatic carbocycles. The van der Waals surface area contributed by atoms with Gasteiger partial charge in [0.2, 0.25) is 0 Å². The molecule has 0 unspecified atom stereocenters. The largest absolute Gasteiger partial charge is 0.469 e. The van der Waals surface area contributed by atoms with E-state index < -0.39 is 48.4 Å². The van der Waals surface area contributed by atoms with Crippen molar-refractivity contribution in [3.05, 3.63) is 35.4 Å². The van der Waals surface area contributed by atoms with Crippen molar-refractivity contribution < 1.29 is 31.5 Å². The summed E-state index contributed by atoms with van der Waals surface area (Å²) in [6.07, 6.45) is -5.44. The average molecular weight is 337 g/mol. The number of carbonyl (C=O) groups excluding carboxylic acids is 1. The first kappa shape index (κ1) is 17.7. The summed E-state index contributed by atoms with van der Waals surface area (Å²) in [5.74, 6) is -5.26. The second kappa shape index (κ2) is 6.43. The van der Waals surface area contributed by atoms with Crippen molar-refractivity contribution in [2.75, 3.05) is 13.7 Å². The number of alkyl halides is 5. The predicted molar refractivity (Wildman–Crippen MR) is 71.9 cm³/mol. The summed E-state index contributed by atoms with van der Waals surface area (Å²) in [6, 6.07) is 3.09. The molecule has 0 aromatic heterocycles. The van der Waals surface area contributed by atoms with E-state index in [2.05, 4.69) is 10.1 Å². The van der Waals surface area contributed by atoms with Crippen LogP contribution in [0.5, 0.6) is 0 Å². The van der Waals surface area contributed by atoms with Gasteiger partial charge < -0.3 is 10.1 Å². The smallest absolute Gasteiger partial charge is 0.416 e. The number of ether oxygens (including phenoxy) is 1. The summed E-state index contributed by atoms with van der Waals surface area (Å²) in [5, 5.41) is 2.86. The number of hydrogen-bond donors (Lipinski definition) is 1. The minimum Gasteiger partial charge on any atom is -0.469 e. The van der Waals surface area contributed by atoms with E-state index >= 15 is 0 Å². The number of piperidine rings is 1. The fourth-order valence-corrected chi connectivity index (χ4v) is 2.73. The van der Waals surface area contributed by atoms with Crippen LogP contribution in [0.2, 0.25) is 0 Å². The lowest BCUT2D eigenvalue weighted by Gasteiger charge is -2.38. The van der Waals surface area contributed by atoms with Gasteiger partial charge in [-0.2, -0.15) is 13.2 Å². The number of methoxy groups -OCH3 is 1. The zero-order valence-electron chi connectivity index (χ0n) is 12.3. The highest BCUT2D eigenvalue weighted by Gasteiger charge is 2.48. The van der Waals surface area contributed by atoms with Crippen LogP contribution in [0.15, 0.2) is 24.3 Å². The quantitative estimate of drug-likeness (QED) is 0.677. The first-order valence-electron chi connectivity index (χ1n) is 7.00. The van der Waals surface area contributed by atoms with Crippen LogP contribution in [0, 0.1) is 5.92 Å². The van der Waals surface area contributed by atoms with Crippen LogP contribution in [0.25, 0.3) is 0 Å². The van der Waals surface area contributed by atoms with Crippen molar-refractivity contribution in [1.29, 1.82) is 0 Å². The third kappa shape index (κ3) is 3.99. The Bertz CT molecular complexity index is 556. The summed E-state index contributed by atoms with van der Waals surface area (Å²) < 4.78 is 70.5. The Kier molecular flexibility index (Phi) is 4.93. The van der Waals surface area contributed by atoms with Gasteiger partial charge in [0.05, 0.1) is 25.0 Å². The molecule has 0 radical (unpaired) electrons. The van der Waals surface area contributed by atoms with Crippen molar-refractivity contribution >= 4 is 5.97 Å². The molecule has 2 atom stereocenters. The number of carbonyl (C=O) groups is 1. The van der Waals surface area contributed by atoms with Gasteiger partial charge in [-0.15, -0.1) is 0 Å². The van der Waals surface area contributed by atoms with E-state index in [-0.39, 0.29) is 12.1 Å². The molecule has 0 amide bonds. The van der Waals surface area contributed by atoms with Gasteiger partial charge in [0.25, 0.3) is 5.92 Å². The predicted octanol–water partition coefficient (Wildman–Crippen LogP) is 3.55. The second-order valence-electron chi connectivity index (χ2n) is 5.45. The van der Waals surface area contributed by atoms with E-state index in [1.165, 1.54) is 0 Å². The highest BCUT2D eigenvalue weighted by Crippen LogP contribution is 2.43. The molecule has 1 aromatic rings. The van der Waals surface area contributed by atoms with Crippen LogP contribution in [0.4, 0.5) is 22.0 Å². The molecule has 0 bridgehead atoms. The molecule has 1 saturated heterocycles. The van der Waals surface area contributed by atoms with Crippen molar-refractivity contribution in [3.8, 4) is 0 Å². The van der Waals surface area contributed by atoms with Gasteiger partial charge in [0.15, 0.2) is 0 Å². The van der Waals surface area contributed by atoms with Crippen LogP contribution < -0.4 is 5.32 Å². The standard InChI is InChI=1S/C15H16F5NO2/c1-23-12(22)8-11-13(21-7-6-14(11,16)17)9-2-4-10(5-3-9)15(18,19)20/h2-5,11,13,21H,6-8H2,1H3/t11-,13-/m1/s1. The average Bonchev–Trinajstić information content (AvgIpc) is 2.48. The van der Waals surface area contributed by atoms with E-state index in [1.54, 1.807) is 0 Å². The molecule has 2 rings (SSSR count). The number of benzene rings is 1. The zero-order chi connectivity index (χ0) is 17.3. The van der Waals surface area contributed by atoms with E-state index in [0.29, 0.717) is 0 Å². The van der Waals surface area contributed by atoms with E-state index in [1.807, 2.05) is 0 Å². The minimum atomic E-state index is -4.49. The summed E-state index contributed by atoms with van der Waals surface area (Å²) in [7, 11) is 1.10. The Hall–Kier alpha value is -1.70. The topological polar surface area (TPSA) is 38.3 Å². The molecule has 0 spiro atoms. The molecule has 1 heterocycles. The Labute approximate surface area is 129 Å². The first-order valence-corrected chi connectivity index (χ1v) is 7.00. The maximum atomic E-state index is 14.1. The maximum absolute atomic E-state index is 14.1. The molecule has 1 aliphatic rings. The minimum absolute atomic E-state index is 0.0103. The lowest BCUT2D eigenvalue weighted by atomic mass is 9.81. The Morgan fingerprint density at radius 2 is 1.91 bits per heavy atom. The van der Waals surface area contributed by atoms with Gasteiger partial charge in [-0.25, -0.2) is 8.78 Å². The highest BCUT2D eigenvalue weighted by atomic mass is 19.4. The molecule has 1 N–H and O–H groups in total. The van der Waals surface area contributed by atoms with Gasteiger partial charge in [0, 0.05) is 19.0 Å². The Balaban J connectivity index is 2.28. The van der Waals surface area contributed by atoms with E-state index in [4.69, 9.17) is 0 Å². The number of esters is 1. The second-order valence-corrected chi connectivity index (χ2v) is 5.45. The van der Waals surface area contributed by atoms with Crippen LogP contribution in [0.3, 0.4) is 0 Å². The van der Waals surface area contributed by atoms with Gasteiger partial charge >= 0.3 is 12.1 Å². The fraction of sp³-hybridized carbons (Fsp3) is 0.533. The van der Waals surface area contributed by atoms with Gasteiger partial charge in [-0.3, -0.25) is 4.79 Å². The maximum Gasteiger partial charge on any atom is 0.416 e.